The highest BCUT2D eigenvalue weighted by atomic mass is 19.1. The predicted molar refractivity (Wildman–Crippen MR) is 116 cm³/mol. The fourth-order valence-corrected chi connectivity index (χ4v) is 3.77. The molecule has 3 aromatic rings. The van der Waals surface area contributed by atoms with Crippen LogP contribution in [0.25, 0.3) is 11.3 Å². The molecule has 0 aliphatic carbocycles. The Morgan fingerprint density at radius 1 is 0.967 bits per heavy atom. The van der Waals surface area contributed by atoms with Crippen LogP contribution in [-0.4, -0.2) is 29.0 Å². The lowest BCUT2D eigenvalue weighted by Crippen LogP contribution is -2.30. The molecule has 1 N–H and O–H groups in total. The number of rotatable bonds is 5. The zero-order valence-corrected chi connectivity index (χ0v) is 17.0. The molecule has 0 radical (unpaired) electrons. The van der Waals surface area contributed by atoms with E-state index >= 15 is 0 Å². The molecule has 1 atom stereocenters. The summed E-state index contributed by atoms with van der Waals surface area (Å²) in [4.78, 5) is 24.1. The number of hydrogen-bond donors (Lipinski definition) is 1. The highest BCUT2D eigenvalue weighted by Gasteiger charge is 2.18. The number of nitrogens with zero attached hydrogens (tertiary/aromatic N) is 3. The molecule has 2 aromatic carbocycles. The summed E-state index contributed by atoms with van der Waals surface area (Å²) >= 11 is 0. The third kappa shape index (κ3) is 4.48. The van der Waals surface area contributed by atoms with Crippen LogP contribution in [0.4, 0.5) is 10.2 Å². The Labute approximate surface area is 176 Å². The summed E-state index contributed by atoms with van der Waals surface area (Å²) in [7, 11) is 0. The average Bonchev–Trinajstić information content (AvgIpc) is 2.80. The van der Waals surface area contributed by atoms with Crippen molar-refractivity contribution in [3.8, 4) is 11.3 Å². The summed E-state index contributed by atoms with van der Waals surface area (Å²) in [5.74, 6) is 0.439. The molecule has 1 saturated heterocycles. The van der Waals surface area contributed by atoms with Gasteiger partial charge in [-0.25, -0.2) is 9.37 Å². The van der Waals surface area contributed by atoms with Gasteiger partial charge in [-0.15, -0.1) is 0 Å². The van der Waals surface area contributed by atoms with Gasteiger partial charge in [0, 0.05) is 36.6 Å². The molecule has 0 saturated carbocycles. The number of anilines is 1. The number of hydrogen-bond acceptors (Lipinski definition) is 4. The summed E-state index contributed by atoms with van der Waals surface area (Å²) in [5, 5.41) is 2.96. The van der Waals surface area contributed by atoms with E-state index in [9.17, 15) is 9.18 Å². The largest absolute Gasteiger partial charge is 0.355 e. The molecule has 1 aliphatic rings. The maximum absolute atomic E-state index is 13.1. The number of carbonyl (C=O) groups is 1. The molecule has 2 heterocycles. The van der Waals surface area contributed by atoms with Crippen LogP contribution in [0, 0.1) is 5.82 Å². The van der Waals surface area contributed by atoms with E-state index < -0.39 is 0 Å². The van der Waals surface area contributed by atoms with Crippen LogP contribution in [0.2, 0.25) is 0 Å². The Hall–Kier alpha value is -3.28. The molecular weight excluding hydrogens is 379 g/mol. The van der Waals surface area contributed by atoms with Gasteiger partial charge in [0.2, 0.25) is 0 Å². The van der Waals surface area contributed by atoms with Gasteiger partial charge < -0.3 is 10.2 Å². The normalized spacial score (nSPS) is 14.9. The van der Waals surface area contributed by atoms with Crippen molar-refractivity contribution >= 4 is 11.7 Å². The Bertz CT molecular complexity index is 998. The first kappa shape index (κ1) is 20.0. The van der Waals surface area contributed by atoms with Gasteiger partial charge in [-0.3, -0.25) is 9.78 Å². The SMILES string of the molecule is C[C@H](NC(=O)c1ccc(-c2nccnc2N2CCCCC2)cc1)c1ccc(F)cc1. The van der Waals surface area contributed by atoms with Crippen LogP contribution in [0.3, 0.4) is 0 Å². The Balaban J connectivity index is 1.49. The van der Waals surface area contributed by atoms with Crippen LogP contribution in [0.1, 0.15) is 48.1 Å². The first-order chi connectivity index (χ1) is 14.6. The Morgan fingerprint density at radius 2 is 1.63 bits per heavy atom. The summed E-state index contributed by atoms with van der Waals surface area (Å²) in [6, 6.07) is 13.4. The average molecular weight is 404 g/mol. The van der Waals surface area contributed by atoms with E-state index in [-0.39, 0.29) is 17.8 Å². The van der Waals surface area contributed by atoms with Crippen molar-refractivity contribution in [1.29, 1.82) is 0 Å². The zero-order chi connectivity index (χ0) is 20.9. The van der Waals surface area contributed by atoms with E-state index in [0.717, 1.165) is 35.7 Å². The molecule has 0 spiro atoms. The molecular formula is C24H25FN4O. The number of piperidine rings is 1. The summed E-state index contributed by atoms with van der Waals surface area (Å²) in [6.45, 7) is 3.87. The number of nitrogens with one attached hydrogen (secondary N) is 1. The first-order valence-electron chi connectivity index (χ1n) is 10.3. The van der Waals surface area contributed by atoms with E-state index in [2.05, 4.69) is 20.2 Å². The third-order valence-electron chi connectivity index (χ3n) is 5.47. The predicted octanol–water partition coefficient (Wildman–Crippen LogP) is 4.76. The number of amides is 1. The molecule has 1 fully saturated rings. The molecule has 4 rings (SSSR count). The van der Waals surface area contributed by atoms with Gasteiger partial charge in [-0.2, -0.15) is 0 Å². The fraction of sp³-hybridized carbons (Fsp3) is 0.292. The second-order valence-electron chi connectivity index (χ2n) is 7.60. The zero-order valence-electron chi connectivity index (χ0n) is 17.0. The molecule has 0 unspecified atom stereocenters. The smallest absolute Gasteiger partial charge is 0.251 e. The maximum Gasteiger partial charge on any atom is 0.251 e. The van der Waals surface area contributed by atoms with E-state index in [1.165, 1.54) is 31.4 Å². The lowest BCUT2D eigenvalue weighted by atomic mass is 10.1. The molecule has 30 heavy (non-hydrogen) atoms. The summed E-state index contributed by atoms with van der Waals surface area (Å²) in [6.07, 6.45) is 7.02. The van der Waals surface area contributed by atoms with Crippen molar-refractivity contribution in [1.82, 2.24) is 15.3 Å². The van der Waals surface area contributed by atoms with Crippen LogP contribution >= 0.6 is 0 Å². The summed E-state index contributed by atoms with van der Waals surface area (Å²) in [5.41, 5.74) is 3.20. The molecule has 1 aromatic heterocycles. The molecule has 6 heteroatoms. The Kier molecular flexibility index (Phi) is 6.02. The molecule has 1 aliphatic heterocycles. The fourth-order valence-electron chi connectivity index (χ4n) is 3.77. The number of halogens is 1. The minimum absolute atomic E-state index is 0.172. The van der Waals surface area contributed by atoms with Gasteiger partial charge in [0.1, 0.15) is 11.5 Å². The van der Waals surface area contributed by atoms with Crippen LogP contribution < -0.4 is 10.2 Å². The molecule has 0 bridgehead atoms. The van der Waals surface area contributed by atoms with Crippen molar-refractivity contribution in [2.45, 2.75) is 32.2 Å². The monoisotopic (exact) mass is 404 g/mol. The van der Waals surface area contributed by atoms with Crippen molar-refractivity contribution in [3.63, 3.8) is 0 Å². The standard InChI is InChI=1S/C24H25FN4O/c1-17(18-9-11-21(25)12-10-18)28-24(30)20-7-5-19(6-8-20)22-23(27-14-13-26-22)29-15-3-2-4-16-29/h5-14,17H,2-4,15-16H2,1H3,(H,28,30)/t17-/m0/s1. The topological polar surface area (TPSA) is 58.1 Å². The van der Waals surface area contributed by atoms with Gasteiger partial charge in [0.25, 0.3) is 5.91 Å². The van der Waals surface area contributed by atoms with Crippen molar-refractivity contribution in [2.75, 3.05) is 18.0 Å². The summed E-state index contributed by atoms with van der Waals surface area (Å²) < 4.78 is 13.1. The van der Waals surface area contributed by atoms with Crippen LogP contribution in [-0.2, 0) is 0 Å². The van der Waals surface area contributed by atoms with Crippen LogP contribution in [0.15, 0.2) is 60.9 Å². The van der Waals surface area contributed by atoms with Gasteiger partial charge in [0.15, 0.2) is 5.82 Å². The van der Waals surface area contributed by atoms with Crippen molar-refractivity contribution < 1.29 is 9.18 Å². The van der Waals surface area contributed by atoms with E-state index in [1.807, 2.05) is 19.1 Å². The second kappa shape index (κ2) is 9.03. The second-order valence-corrected chi connectivity index (χ2v) is 7.60. The van der Waals surface area contributed by atoms with Gasteiger partial charge in [-0.05, 0) is 56.0 Å². The minimum atomic E-state index is -0.291. The number of benzene rings is 2. The van der Waals surface area contributed by atoms with Crippen LogP contribution in [0.5, 0.6) is 0 Å². The lowest BCUT2D eigenvalue weighted by molar-refractivity contribution is 0.0940. The molecule has 1 amide bonds. The maximum atomic E-state index is 13.1. The third-order valence-corrected chi connectivity index (χ3v) is 5.47. The highest BCUT2D eigenvalue weighted by molar-refractivity contribution is 5.95. The van der Waals surface area contributed by atoms with E-state index in [1.54, 1.807) is 36.7 Å². The quantitative estimate of drug-likeness (QED) is 0.666. The highest BCUT2D eigenvalue weighted by Crippen LogP contribution is 2.28. The van der Waals surface area contributed by atoms with E-state index in [0.29, 0.717) is 5.56 Å². The number of carbonyl (C=O) groups excluding carboxylic acids is 1. The van der Waals surface area contributed by atoms with Crippen molar-refractivity contribution in [2.24, 2.45) is 0 Å². The molecule has 154 valence electrons. The van der Waals surface area contributed by atoms with Gasteiger partial charge in [0.05, 0.1) is 6.04 Å². The lowest BCUT2D eigenvalue weighted by Gasteiger charge is -2.28. The van der Waals surface area contributed by atoms with E-state index in [4.69, 9.17) is 0 Å². The first-order valence-corrected chi connectivity index (χ1v) is 10.3. The number of aromatic nitrogens is 2. The Morgan fingerprint density at radius 3 is 2.33 bits per heavy atom. The van der Waals surface area contributed by atoms with Gasteiger partial charge in [-0.1, -0.05) is 24.3 Å². The van der Waals surface area contributed by atoms with Crippen molar-refractivity contribution in [3.05, 3.63) is 77.9 Å². The van der Waals surface area contributed by atoms with Gasteiger partial charge >= 0.3 is 0 Å². The minimum Gasteiger partial charge on any atom is -0.355 e. The molecule has 5 nitrogen and oxygen atoms in total.